The number of hydrogen-bond acceptors (Lipinski definition) is 2. The average Bonchev–Trinajstić information content (AvgIpc) is 3.09. The van der Waals surface area contributed by atoms with Gasteiger partial charge < -0.3 is 10.0 Å². The van der Waals surface area contributed by atoms with Gasteiger partial charge in [-0.3, -0.25) is 0 Å². The van der Waals surface area contributed by atoms with Gasteiger partial charge in [0.1, 0.15) is 0 Å². The molecule has 1 aromatic rings. The van der Waals surface area contributed by atoms with E-state index < -0.39 is 0 Å². The summed E-state index contributed by atoms with van der Waals surface area (Å²) in [6, 6.07) is 8.80. The van der Waals surface area contributed by atoms with Gasteiger partial charge in [0.15, 0.2) is 0 Å². The van der Waals surface area contributed by atoms with Crippen LogP contribution in [0.4, 0.5) is 5.69 Å². The average molecular weight is 219 g/mol. The van der Waals surface area contributed by atoms with Crippen molar-refractivity contribution in [2.45, 2.75) is 39.3 Å². The first-order valence-electron chi connectivity index (χ1n) is 6.17. The van der Waals surface area contributed by atoms with Crippen LogP contribution in [0.1, 0.15) is 32.3 Å². The topological polar surface area (TPSA) is 23.5 Å². The van der Waals surface area contributed by atoms with Gasteiger partial charge in [-0.1, -0.05) is 12.1 Å². The third-order valence-corrected chi connectivity index (χ3v) is 3.23. The molecule has 0 aromatic heterocycles. The van der Waals surface area contributed by atoms with E-state index in [1.165, 1.54) is 25.1 Å². The zero-order valence-electron chi connectivity index (χ0n) is 10.2. The molecule has 0 atom stereocenters. The number of rotatable bonds is 5. The molecule has 1 aromatic carbocycles. The molecule has 0 radical (unpaired) electrons. The standard InChI is InChI=1S/C14H21NO/c1-11(2)15(9-12-3-4-12)14-7-5-13(10-16)6-8-14/h5-8,11-12,16H,3-4,9-10H2,1-2H3. The Bertz CT molecular complexity index is 327. The van der Waals surface area contributed by atoms with Crippen LogP contribution in [0.2, 0.25) is 0 Å². The Labute approximate surface area is 97.9 Å². The fourth-order valence-electron chi connectivity index (χ4n) is 1.99. The summed E-state index contributed by atoms with van der Waals surface area (Å²) in [7, 11) is 0. The minimum absolute atomic E-state index is 0.130. The first-order chi connectivity index (χ1) is 7.70. The minimum atomic E-state index is 0.130. The highest BCUT2D eigenvalue weighted by molar-refractivity contribution is 5.48. The molecule has 0 saturated heterocycles. The molecule has 0 aliphatic heterocycles. The summed E-state index contributed by atoms with van der Waals surface area (Å²) in [5.74, 6) is 0.903. The lowest BCUT2D eigenvalue weighted by molar-refractivity contribution is 0.282. The normalized spacial score (nSPS) is 15.5. The summed E-state index contributed by atoms with van der Waals surface area (Å²) < 4.78 is 0. The predicted octanol–water partition coefficient (Wildman–Crippen LogP) is 2.80. The Morgan fingerprint density at radius 3 is 2.31 bits per heavy atom. The Kier molecular flexibility index (Phi) is 3.49. The molecule has 1 aliphatic rings. The minimum Gasteiger partial charge on any atom is -0.392 e. The van der Waals surface area contributed by atoms with Gasteiger partial charge in [-0.2, -0.15) is 0 Å². The predicted molar refractivity (Wildman–Crippen MR) is 67.6 cm³/mol. The second-order valence-electron chi connectivity index (χ2n) is 5.01. The molecule has 88 valence electrons. The molecule has 1 fully saturated rings. The van der Waals surface area contributed by atoms with Gasteiger partial charge in [-0.25, -0.2) is 0 Å². The highest BCUT2D eigenvalue weighted by Crippen LogP contribution is 2.32. The molecule has 2 heteroatoms. The van der Waals surface area contributed by atoms with Crippen LogP contribution in [-0.4, -0.2) is 17.7 Å². The number of aliphatic hydroxyl groups is 1. The van der Waals surface area contributed by atoms with Crippen LogP contribution in [0.25, 0.3) is 0 Å². The summed E-state index contributed by atoms with van der Waals surface area (Å²) >= 11 is 0. The molecule has 2 nitrogen and oxygen atoms in total. The summed E-state index contributed by atoms with van der Waals surface area (Å²) in [5.41, 5.74) is 2.26. The molecule has 0 bridgehead atoms. The Hall–Kier alpha value is -1.02. The van der Waals surface area contributed by atoms with Gasteiger partial charge >= 0.3 is 0 Å². The number of aliphatic hydroxyl groups excluding tert-OH is 1. The van der Waals surface area contributed by atoms with E-state index in [0.29, 0.717) is 6.04 Å². The number of hydrogen-bond donors (Lipinski definition) is 1. The van der Waals surface area contributed by atoms with E-state index >= 15 is 0 Å². The molecule has 0 amide bonds. The van der Waals surface area contributed by atoms with Gasteiger partial charge in [-0.05, 0) is 50.3 Å². The highest BCUT2D eigenvalue weighted by atomic mass is 16.3. The van der Waals surface area contributed by atoms with Gasteiger partial charge in [-0.15, -0.1) is 0 Å². The van der Waals surface area contributed by atoms with Crippen molar-refractivity contribution in [3.63, 3.8) is 0 Å². The number of nitrogens with zero attached hydrogens (tertiary/aromatic N) is 1. The molecule has 2 rings (SSSR count). The quantitative estimate of drug-likeness (QED) is 0.823. The number of anilines is 1. The van der Waals surface area contributed by atoms with Crippen molar-refractivity contribution in [2.24, 2.45) is 5.92 Å². The smallest absolute Gasteiger partial charge is 0.0681 e. The van der Waals surface area contributed by atoms with Crippen LogP contribution in [0.15, 0.2) is 24.3 Å². The SMILES string of the molecule is CC(C)N(CC1CC1)c1ccc(CO)cc1. The van der Waals surface area contributed by atoms with Crippen molar-refractivity contribution in [3.8, 4) is 0 Å². The van der Waals surface area contributed by atoms with E-state index in [9.17, 15) is 0 Å². The van der Waals surface area contributed by atoms with E-state index in [1.54, 1.807) is 0 Å². The van der Waals surface area contributed by atoms with Gasteiger partial charge in [0.05, 0.1) is 6.61 Å². The van der Waals surface area contributed by atoms with Crippen molar-refractivity contribution in [3.05, 3.63) is 29.8 Å². The monoisotopic (exact) mass is 219 g/mol. The molecule has 0 heterocycles. The Morgan fingerprint density at radius 2 is 1.88 bits per heavy atom. The van der Waals surface area contributed by atoms with Crippen molar-refractivity contribution in [1.82, 2.24) is 0 Å². The summed E-state index contributed by atoms with van der Waals surface area (Å²) in [5, 5.41) is 9.02. The zero-order chi connectivity index (χ0) is 11.5. The van der Waals surface area contributed by atoms with Crippen molar-refractivity contribution < 1.29 is 5.11 Å². The molecule has 0 spiro atoms. The van der Waals surface area contributed by atoms with Crippen LogP contribution >= 0.6 is 0 Å². The first kappa shape index (κ1) is 11.5. The highest BCUT2D eigenvalue weighted by Gasteiger charge is 2.25. The summed E-state index contributed by atoms with van der Waals surface area (Å²) in [6.45, 7) is 5.78. The second kappa shape index (κ2) is 4.88. The van der Waals surface area contributed by atoms with Gasteiger partial charge in [0.25, 0.3) is 0 Å². The van der Waals surface area contributed by atoms with Crippen molar-refractivity contribution >= 4 is 5.69 Å². The molecule has 0 unspecified atom stereocenters. The van der Waals surface area contributed by atoms with E-state index in [0.717, 1.165) is 11.5 Å². The first-order valence-corrected chi connectivity index (χ1v) is 6.17. The summed E-state index contributed by atoms with van der Waals surface area (Å²) in [6.07, 6.45) is 2.77. The molecular weight excluding hydrogens is 198 g/mol. The van der Waals surface area contributed by atoms with E-state index in [1.807, 2.05) is 12.1 Å². The van der Waals surface area contributed by atoms with Crippen LogP contribution in [-0.2, 0) is 6.61 Å². The van der Waals surface area contributed by atoms with Crippen molar-refractivity contribution in [2.75, 3.05) is 11.4 Å². The largest absolute Gasteiger partial charge is 0.392 e. The third-order valence-electron chi connectivity index (χ3n) is 3.23. The maximum Gasteiger partial charge on any atom is 0.0681 e. The molecule has 16 heavy (non-hydrogen) atoms. The maximum atomic E-state index is 9.02. The van der Waals surface area contributed by atoms with Crippen LogP contribution in [0, 0.1) is 5.92 Å². The van der Waals surface area contributed by atoms with Crippen LogP contribution < -0.4 is 4.90 Å². The van der Waals surface area contributed by atoms with E-state index in [-0.39, 0.29) is 6.61 Å². The number of benzene rings is 1. The van der Waals surface area contributed by atoms with Crippen molar-refractivity contribution in [1.29, 1.82) is 0 Å². The zero-order valence-corrected chi connectivity index (χ0v) is 10.2. The van der Waals surface area contributed by atoms with E-state index in [2.05, 4.69) is 30.9 Å². The lowest BCUT2D eigenvalue weighted by Gasteiger charge is -2.29. The van der Waals surface area contributed by atoms with Gasteiger partial charge in [0.2, 0.25) is 0 Å². The lowest BCUT2D eigenvalue weighted by atomic mass is 10.1. The van der Waals surface area contributed by atoms with Gasteiger partial charge in [0, 0.05) is 18.3 Å². The molecule has 1 saturated carbocycles. The summed E-state index contributed by atoms with van der Waals surface area (Å²) in [4.78, 5) is 2.46. The van der Waals surface area contributed by atoms with Crippen LogP contribution in [0.5, 0.6) is 0 Å². The lowest BCUT2D eigenvalue weighted by Crippen LogP contribution is -2.32. The molecular formula is C14H21NO. The second-order valence-corrected chi connectivity index (χ2v) is 5.01. The van der Waals surface area contributed by atoms with Crippen LogP contribution in [0.3, 0.4) is 0 Å². The molecule has 1 aliphatic carbocycles. The van der Waals surface area contributed by atoms with E-state index in [4.69, 9.17) is 5.11 Å². The Morgan fingerprint density at radius 1 is 1.25 bits per heavy atom. The molecule has 1 N–H and O–H groups in total. The fraction of sp³-hybridized carbons (Fsp3) is 0.571. The Balaban J connectivity index is 2.10. The third kappa shape index (κ3) is 2.76. The fourth-order valence-corrected chi connectivity index (χ4v) is 1.99. The maximum absolute atomic E-state index is 9.02.